The lowest BCUT2D eigenvalue weighted by Crippen LogP contribution is -2.61. The topological polar surface area (TPSA) is 192 Å². The second-order valence-corrected chi connectivity index (χ2v) is 9.79. The fraction of sp³-hybridized carbons (Fsp3) is 0.267. The number of ether oxygens (including phenoxy) is 4. The largest absolute Gasteiger partial charge is 0.508 e. The molecule has 0 radical (unpaired) electrons. The summed E-state index contributed by atoms with van der Waals surface area (Å²) in [5.41, 5.74) is 1.14. The molecule has 3 aromatic carbocycles. The Labute approximate surface area is 239 Å². The lowest BCUT2D eigenvalue weighted by Gasteiger charge is -2.41. The van der Waals surface area contributed by atoms with E-state index in [0.717, 1.165) is 12.1 Å². The summed E-state index contributed by atoms with van der Waals surface area (Å²) in [5.74, 6) is -1.73. The summed E-state index contributed by atoms with van der Waals surface area (Å²) in [6.07, 6.45) is -6.09. The van der Waals surface area contributed by atoms with E-state index in [1.807, 2.05) is 0 Å². The van der Waals surface area contributed by atoms with Crippen molar-refractivity contribution >= 4 is 17.8 Å². The molecule has 6 N–H and O–H groups in total. The van der Waals surface area contributed by atoms with E-state index in [9.17, 15) is 40.2 Å². The SMILES string of the molecule is O=C(C=Cc1ccc(O)cc1)O[C@H]1[C@@H](O)[C@H](Oc2cc(O)c3c(c2)O[C@H](c2ccc(O)cc2)CC3=O)O[C@H](CO)[C@H]1O. The van der Waals surface area contributed by atoms with Gasteiger partial charge in [-0.3, -0.25) is 4.79 Å². The van der Waals surface area contributed by atoms with Crippen molar-refractivity contribution in [1.82, 2.24) is 0 Å². The Hall–Kier alpha value is -4.62. The van der Waals surface area contributed by atoms with Gasteiger partial charge in [-0.15, -0.1) is 0 Å². The quantitative estimate of drug-likeness (QED) is 0.176. The van der Waals surface area contributed by atoms with E-state index < -0.39 is 55.1 Å². The monoisotopic (exact) mass is 580 g/mol. The molecule has 2 aliphatic rings. The fourth-order valence-electron chi connectivity index (χ4n) is 4.70. The number of benzene rings is 3. The summed E-state index contributed by atoms with van der Waals surface area (Å²) in [7, 11) is 0. The highest BCUT2D eigenvalue weighted by atomic mass is 16.7. The van der Waals surface area contributed by atoms with Gasteiger partial charge < -0.3 is 49.6 Å². The minimum atomic E-state index is -1.74. The predicted molar refractivity (Wildman–Crippen MR) is 144 cm³/mol. The van der Waals surface area contributed by atoms with Crippen molar-refractivity contribution in [2.45, 2.75) is 43.2 Å². The molecular formula is C30H28O12. The van der Waals surface area contributed by atoms with Crippen LogP contribution >= 0.6 is 0 Å². The van der Waals surface area contributed by atoms with Crippen LogP contribution in [0.15, 0.2) is 66.7 Å². The number of Topliss-reactive ketones (excluding diaryl/α,β-unsaturated/α-hetero) is 1. The van der Waals surface area contributed by atoms with Gasteiger partial charge in [0.25, 0.3) is 0 Å². The Morgan fingerprint density at radius 2 is 1.62 bits per heavy atom. The fourth-order valence-corrected chi connectivity index (χ4v) is 4.70. The number of carbonyl (C=O) groups is 2. The van der Waals surface area contributed by atoms with Crippen LogP contribution < -0.4 is 9.47 Å². The molecule has 12 heteroatoms. The molecule has 6 atom stereocenters. The number of aromatic hydroxyl groups is 3. The maximum atomic E-state index is 12.8. The second-order valence-electron chi connectivity index (χ2n) is 9.79. The first kappa shape index (κ1) is 28.9. The molecule has 12 nitrogen and oxygen atoms in total. The van der Waals surface area contributed by atoms with Crippen molar-refractivity contribution < 1.29 is 59.2 Å². The molecule has 0 aliphatic carbocycles. The Kier molecular flexibility index (Phi) is 8.31. The van der Waals surface area contributed by atoms with E-state index in [4.69, 9.17) is 18.9 Å². The van der Waals surface area contributed by atoms with Gasteiger partial charge in [-0.2, -0.15) is 0 Å². The average molecular weight is 581 g/mol. The van der Waals surface area contributed by atoms with Gasteiger partial charge in [0.15, 0.2) is 18.0 Å². The van der Waals surface area contributed by atoms with Crippen molar-refractivity contribution in [3.05, 3.63) is 83.4 Å². The van der Waals surface area contributed by atoms with Crippen molar-refractivity contribution in [2.75, 3.05) is 6.61 Å². The van der Waals surface area contributed by atoms with Gasteiger partial charge in [0.05, 0.1) is 13.0 Å². The summed E-state index contributed by atoms with van der Waals surface area (Å²) < 4.78 is 22.5. The molecule has 2 heterocycles. The molecule has 42 heavy (non-hydrogen) atoms. The van der Waals surface area contributed by atoms with Crippen molar-refractivity contribution in [3.63, 3.8) is 0 Å². The molecule has 3 aromatic rings. The van der Waals surface area contributed by atoms with Crippen LogP contribution in [-0.4, -0.2) is 79.7 Å². The number of phenolic OH excluding ortho intramolecular Hbond substituents is 3. The van der Waals surface area contributed by atoms with Gasteiger partial charge in [0, 0.05) is 18.2 Å². The standard InChI is InChI=1S/C30H28O12/c31-14-24-27(37)29(42-25(36)10-3-15-1-6-17(32)7-2-15)28(38)30(41-24)39-19-11-20(34)26-21(35)13-22(40-23(26)12-19)16-4-8-18(33)9-5-16/h1-12,22,24,27-34,37-38H,13-14H2/t22-,24+,27+,28+,29+,30+/m0/s1. The van der Waals surface area contributed by atoms with Gasteiger partial charge in [0.1, 0.15) is 52.6 Å². The van der Waals surface area contributed by atoms with E-state index >= 15 is 0 Å². The highest BCUT2D eigenvalue weighted by molar-refractivity contribution is 6.02. The first-order valence-corrected chi connectivity index (χ1v) is 13.0. The average Bonchev–Trinajstić information content (AvgIpc) is 2.96. The number of hydrogen-bond donors (Lipinski definition) is 6. The molecule has 1 fully saturated rings. The van der Waals surface area contributed by atoms with Crippen molar-refractivity contribution in [3.8, 4) is 28.7 Å². The van der Waals surface area contributed by atoms with Crippen LogP contribution in [0.1, 0.15) is 34.0 Å². The van der Waals surface area contributed by atoms with Crippen LogP contribution in [0.3, 0.4) is 0 Å². The van der Waals surface area contributed by atoms with Crippen LogP contribution in [0, 0.1) is 0 Å². The summed E-state index contributed by atoms with van der Waals surface area (Å²) in [4.78, 5) is 25.3. The minimum Gasteiger partial charge on any atom is -0.508 e. The molecule has 0 bridgehead atoms. The molecule has 0 saturated carbocycles. The van der Waals surface area contributed by atoms with Crippen LogP contribution in [-0.2, 0) is 14.3 Å². The van der Waals surface area contributed by atoms with Gasteiger partial charge >= 0.3 is 5.97 Å². The highest BCUT2D eigenvalue weighted by Gasteiger charge is 2.48. The van der Waals surface area contributed by atoms with E-state index in [-0.39, 0.29) is 40.8 Å². The van der Waals surface area contributed by atoms with E-state index in [1.165, 1.54) is 36.4 Å². The lowest BCUT2D eigenvalue weighted by atomic mass is 9.95. The number of aliphatic hydroxyl groups excluding tert-OH is 3. The normalized spacial score (nSPS) is 25.5. The Balaban J connectivity index is 1.33. The number of rotatable bonds is 7. The molecular weight excluding hydrogens is 552 g/mol. The molecule has 0 unspecified atom stereocenters. The molecule has 0 amide bonds. The third kappa shape index (κ3) is 6.16. The number of esters is 1. The number of aliphatic hydroxyl groups is 3. The maximum Gasteiger partial charge on any atom is 0.331 e. The zero-order valence-electron chi connectivity index (χ0n) is 21.9. The van der Waals surface area contributed by atoms with Crippen LogP contribution in [0.5, 0.6) is 28.7 Å². The second kappa shape index (κ2) is 12.1. The zero-order chi connectivity index (χ0) is 30.0. The first-order chi connectivity index (χ1) is 20.1. The van der Waals surface area contributed by atoms with E-state index in [1.54, 1.807) is 24.3 Å². The maximum absolute atomic E-state index is 12.8. The number of fused-ring (bicyclic) bond motifs is 1. The smallest absolute Gasteiger partial charge is 0.331 e. The number of carbonyl (C=O) groups excluding carboxylic acids is 2. The first-order valence-electron chi connectivity index (χ1n) is 13.0. The van der Waals surface area contributed by atoms with E-state index in [2.05, 4.69) is 0 Å². The van der Waals surface area contributed by atoms with E-state index in [0.29, 0.717) is 11.1 Å². The third-order valence-electron chi connectivity index (χ3n) is 6.87. The molecule has 1 saturated heterocycles. The molecule has 0 spiro atoms. The van der Waals surface area contributed by atoms with Crippen molar-refractivity contribution in [1.29, 1.82) is 0 Å². The zero-order valence-corrected chi connectivity index (χ0v) is 21.9. The van der Waals surface area contributed by atoms with Crippen LogP contribution in [0.25, 0.3) is 6.08 Å². The Morgan fingerprint density at radius 3 is 2.29 bits per heavy atom. The van der Waals surface area contributed by atoms with Crippen LogP contribution in [0.4, 0.5) is 0 Å². The number of ketones is 1. The minimum absolute atomic E-state index is 0.00529. The van der Waals surface area contributed by atoms with Gasteiger partial charge in [-0.25, -0.2) is 4.79 Å². The van der Waals surface area contributed by atoms with Gasteiger partial charge in [0.2, 0.25) is 6.29 Å². The molecule has 5 rings (SSSR count). The Bertz CT molecular complexity index is 1470. The summed E-state index contributed by atoms with van der Waals surface area (Å²) in [5, 5.41) is 60.8. The summed E-state index contributed by atoms with van der Waals surface area (Å²) in [6, 6.07) is 14.5. The lowest BCUT2D eigenvalue weighted by molar-refractivity contribution is -0.280. The summed E-state index contributed by atoms with van der Waals surface area (Å²) in [6.45, 7) is -0.702. The van der Waals surface area contributed by atoms with Crippen LogP contribution in [0.2, 0.25) is 0 Å². The van der Waals surface area contributed by atoms with Gasteiger partial charge in [-0.05, 0) is 41.5 Å². The molecule has 0 aromatic heterocycles. The Morgan fingerprint density at radius 1 is 0.952 bits per heavy atom. The summed E-state index contributed by atoms with van der Waals surface area (Å²) >= 11 is 0. The number of hydrogen-bond acceptors (Lipinski definition) is 12. The third-order valence-corrected chi connectivity index (χ3v) is 6.87. The molecule has 2 aliphatic heterocycles. The molecule has 220 valence electrons. The predicted octanol–water partition coefficient (Wildman–Crippen LogP) is 1.95. The van der Waals surface area contributed by atoms with Gasteiger partial charge in [-0.1, -0.05) is 24.3 Å². The van der Waals surface area contributed by atoms with Crippen molar-refractivity contribution in [2.24, 2.45) is 0 Å². The highest BCUT2D eigenvalue weighted by Crippen LogP contribution is 2.42. The number of phenols is 3.